The minimum absolute atomic E-state index is 0.0238. The molecule has 35 heavy (non-hydrogen) atoms. The zero-order chi connectivity index (χ0) is 25.3. The molecule has 0 aliphatic carbocycles. The van der Waals surface area contributed by atoms with E-state index < -0.39 is 0 Å². The van der Waals surface area contributed by atoms with Crippen molar-refractivity contribution in [3.8, 4) is 11.5 Å². The largest absolute Gasteiger partial charge is 0.457 e. The van der Waals surface area contributed by atoms with Crippen molar-refractivity contribution < 1.29 is 14.3 Å². The third-order valence-electron chi connectivity index (χ3n) is 5.21. The fraction of sp³-hybridized carbons (Fsp3) is 0.310. The van der Waals surface area contributed by atoms with Gasteiger partial charge in [0, 0.05) is 30.9 Å². The van der Waals surface area contributed by atoms with E-state index >= 15 is 0 Å². The molecule has 0 fully saturated rings. The number of hydrogen-bond donors (Lipinski definition) is 2. The first-order chi connectivity index (χ1) is 16.7. The van der Waals surface area contributed by atoms with Crippen molar-refractivity contribution in [2.24, 2.45) is 5.41 Å². The molecule has 184 valence electrons. The van der Waals surface area contributed by atoms with Crippen LogP contribution in [0.15, 0.2) is 78.9 Å². The molecule has 0 spiro atoms. The molecule has 3 rings (SSSR count). The number of urea groups is 1. The number of amides is 3. The van der Waals surface area contributed by atoms with E-state index in [0.717, 1.165) is 22.7 Å². The van der Waals surface area contributed by atoms with Gasteiger partial charge in [0.15, 0.2) is 0 Å². The van der Waals surface area contributed by atoms with Crippen molar-refractivity contribution in [2.45, 2.75) is 40.5 Å². The number of rotatable bonds is 9. The highest BCUT2D eigenvalue weighted by atomic mass is 16.5. The van der Waals surface area contributed by atoms with Crippen LogP contribution in [0, 0.1) is 12.3 Å². The molecule has 0 aromatic heterocycles. The number of ether oxygens (including phenoxy) is 1. The van der Waals surface area contributed by atoms with Gasteiger partial charge in [-0.15, -0.1) is 0 Å². The Morgan fingerprint density at radius 2 is 1.57 bits per heavy atom. The molecule has 0 radical (unpaired) electrons. The second-order valence-electron chi connectivity index (χ2n) is 9.80. The summed E-state index contributed by atoms with van der Waals surface area (Å²) in [6, 6.07) is 24.5. The zero-order valence-corrected chi connectivity index (χ0v) is 21.0. The number of aryl methyl sites for hydroxylation is 1. The molecular weight excluding hydrogens is 438 g/mol. The molecular formula is C29H35N3O3. The maximum atomic E-state index is 13.2. The summed E-state index contributed by atoms with van der Waals surface area (Å²) in [5.74, 6) is 1.46. The van der Waals surface area contributed by atoms with Crippen LogP contribution in [-0.2, 0) is 4.79 Å². The summed E-state index contributed by atoms with van der Waals surface area (Å²) < 4.78 is 5.88. The monoisotopic (exact) mass is 473 g/mol. The van der Waals surface area contributed by atoms with Gasteiger partial charge in [0.25, 0.3) is 0 Å². The second kappa shape index (κ2) is 12.1. The zero-order valence-electron chi connectivity index (χ0n) is 21.0. The smallest absolute Gasteiger partial charge is 0.326 e. The highest BCUT2D eigenvalue weighted by Crippen LogP contribution is 2.25. The van der Waals surface area contributed by atoms with Gasteiger partial charge in [-0.2, -0.15) is 0 Å². The maximum absolute atomic E-state index is 13.2. The quantitative estimate of drug-likeness (QED) is 0.337. The summed E-state index contributed by atoms with van der Waals surface area (Å²) in [6.45, 7) is 9.04. The molecule has 0 atom stereocenters. The molecule has 3 aromatic carbocycles. The summed E-state index contributed by atoms with van der Waals surface area (Å²) in [7, 11) is 0. The SMILES string of the molecule is Cc1cccc(NC(=O)N(CCCNC(=O)CC(C)(C)C)c2ccc(Oc3ccccc3)cc2)c1. The van der Waals surface area contributed by atoms with Gasteiger partial charge < -0.3 is 15.4 Å². The molecule has 3 aromatic rings. The molecule has 0 bridgehead atoms. The predicted octanol–water partition coefficient (Wildman–Crippen LogP) is 6.77. The number of nitrogens with zero attached hydrogens (tertiary/aromatic N) is 1. The van der Waals surface area contributed by atoms with Crippen molar-refractivity contribution in [3.05, 3.63) is 84.4 Å². The molecule has 0 aliphatic rings. The van der Waals surface area contributed by atoms with E-state index in [9.17, 15) is 9.59 Å². The molecule has 6 nitrogen and oxygen atoms in total. The number of nitrogens with one attached hydrogen (secondary N) is 2. The Morgan fingerprint density at radius 3 is 2.23 bits per heavy atom. The van der Waals surface area contributed by atoms with Crippen LogP contribution in [0.2, 0.25) is 0 Å². The molecule has 0 heterocycles. The number of anilines is 2. The van der Waals surface area contributed by atoms with Gasteiger partial charge in [-0.05, 0) is 72.9 Å². The van der Waals surface area contributed by atoms with Crippen LogP contribution in [0.5, 0.6) is 11.5 Å². The van der Waals surface area contributed by atoms with Gasteiger partial charge in [0.2, 0.25) is 5.91 Å². The predicted molar refractivity (Wildman–Crippen MR) is 142 cm³/mol. The third-order valence-corrected chi connectivity index (χ3v) is 5.21. The van der Waals surface area contributed by atoms with Gasteiger partial charge in [-0.25, -0.2) is 4.79 Å². The van der Waals surface area contributed by atoms with Crippen molar-refractivity contribution in [2.75, 3.05) is 23.3 Å². The van der Waals surface area contributed by atoms with Crippen molar-refractivity contribution >= 4 is 23.3 Å². The molecule has 0 unspecified atom stereocenters. The van der Waals surface area contributed by atoms with Gasteiger partial charge in [0.1, 0.15) is 11.5 Å². The standard InChI is InChI=1S/C29H35N3O3/c1-22-10-8-11-23(20-22)31-28(34)32(19-9-18-30-27(33)21-29(2,3)4)24-14-16-26(17-15-24)35-25-12-6-5-7-13-25/h5-8,10-17,20H,9,18-19,21H2,1-4H3,(H,30,33)(H,31,34). The number of carbonyl (C=O) groups excluding carboxylic acids is 2. The van der Waals surface area contributed by atoms with Crippen LogP contribution < -0.4 is 20.3 Å². The van der Waals surface area contributed by atoms with E-state index in [1.165, 1.54) is 0 Å². The van der Waals surface area contributed by atoms with Gasteiger partial charge >= 0.3 is 6.03 Å². The van der Waals surface area contributed by atoms with Crippen LogP contribution in [-0.4, -0.2) is 25.0 Å². The highest BCUT2D eigenvalue weighted by molar-refractivity contribution is 6.01. The number of carbonyl (C=O) groups is 2. The minimum Gasteiger partial charge on any atom is -0.457 e. The van der Waals surface area contributed by atoms with E-state index in [1.807, 2.05) is 107 Å². The van der Waals surface area contributed by atoms with E-state index in [-0.39, 0.29) is 17.4 Å². The van der Waals surface area contributed by atoms with Crippen molar-refractivity contribution in [1.82, 2.24) is 5.32 Å². The van der Waals surface area contributed by atoms with Gasteiger partial charge in [0.05, 0.1) is 0 Å². The Balaban J connectivity index is 1.68. The lowest BCUT2D eigenvalue weighted by molar-refractivity contribution is -0.122. The van der Waals surface area contributed by atoms with Crippen LogP contribution in [0.4, 0.5) is 16.2 Å². The molecule has 0 saturated heterocycles. The summed E-state index contributed by atoms with van der Waals surface area (Å²) in [4.78, 5) is 27.0. The van der Waals surface area contributed by atoms with E-state index in [4.69, 9.17) is 4.74 Å². The topological polar surface area (TPSA) is 70.7 Å². The minimum atomic E-state index is -0.228. The van der Waals surface area contributed by atoms with Gasteiger partial charge in [-0.3, -0.25) is 9.69 Å². The molecule has 2 N–H and O–H groups in total. The van der Waals surface area contributed by atoms with Crippen LogP contribution in [0.25, 0.3) is 0 Å². The number of hydrogen-bond acceptors (Lipinski definition) is 3. The second-order valence-corrected chi connectivity index (χ2v) is 9.80. The number of para-hydroxylation sites is 1. The maximum Gasteiger partial charge on any atom is 0.326 e. The molecule has 3 amide bonds. The summed E-state index contributed by atoms with van der Waals surface area (Å²) in [6.07, 6.45) is 1.09. The lowest BCUT2D eigenvalue weighted by Gasteiger charge is -2.24. The van der Waals surface area contributed by atoms with Crippen molar-refractivity contribution in [1.29, 1.82) is 0 Å². The normalized spacial score (nSPS) is 11.0. The third kappa shape index (κ3) is 8.81. The van der Waals surface area contributed by atoms with E-state index in [1.54, 1.807) is 4.90 Å². The Kier molecular flexibility index (Phi) is 8.90. The number of benzene rings is 3. The highest BCUT2D eigenvalue weighted by Gasteiger charge is 2.18. The lowest BCUT2D eigenvalue weighted by Crippen LogP contribution is -2.37. The molecule has 6 heteroatoms. The summed E-state index contributed by atoms with van der Waals surface area (Å²) in [5, 5.41) is 5.95. The Hall–Kier alpha value is -3.80. The summed E-state index contributed by atoms with van der Waals surface area (Å²) >= 11 is 0. The fourth-order valence-electron chi connectivity index (χ4n) is 3.59. The van der Waals surface area contributed by atoms with E-state index in [2.05, 4.69) is 10.6 Å². The Morgan fingerprint density at radius 1 is 0.886 bits per heavy atom. The summed E-state index contributed by atoms with van der Waals surface area (Å²) in [5.41, 5.74) is 2.49. The average molecular weight is 474 g/mol. The van der Waals surface area contributed by atoms with E-state index in [0.29, 0.717) is 31.7 Å². The molecule has 0 aliphatic heterocycles. The van der Waals surface area contributed by atoms with Crippen molar-refractivity contribution in [3.63, 3.8) is 0 Å². The van der Waals surface area contributed by atoms with Gasteiger partial charge in [-0.1, -0.05) is 51.1 Å². The first-order valence-corrected chi connectivity index (χ1v) is 11.9. The lowest BCUT2D eigenvalue weighted by atomic mass is 9.92. The first-order valence-electron chi connectivity index (χ1n) is 11.9. The van der Waals surface area contributed by atoms with Crippen LogP contribution in [0.3, 0.4) is 0 Å². The Bertz CT molecular complexity index is 1110. The average Bonchev–Trinajstić information content (AvgIpc) is 2.79. The fourth-order valence-corrected chi connectivity index (χ4v) is 3.59. The first kappa shape index (κ1) is 25.8. The Labute approximate surface area is 208 Å². The molecule has 0 saturated carbocycles. The van der Waals surface area contributed by atoms with Crippen LogP contribution >= 0.6 is 0 Å². The van der Waals surface area contributed by atoms with Crippen LogP contribution in [0.1, 0.15) is 39.2 Å².